The molecule has 1 aliphatic heterocycles. The Labute approximate surface area is 123 Å². The van der Waals surface area contributed by atoms with Gasteiger partial charge in [0.2, 0.25) is 0 Å². The Morgan fingerprint density at radius 2 is 2.11 bits per heavy atom. The smallest absolute Gasteiger partial charge is 0.147 e. The van der Waals surface area contributed by atoms with E-state index in [1.807, 2.05) is 6.07 Å². The number of para-hydroxylation sites is 1. The molecule has 0 radical (unpaired) electrons. The fraction of sp³-hybridized carbons (Fsp3) is 0.600. The Bertz CT molecular complexity index is 402. The molecular formula is C15H22BrFN2. The summed E-state index contributed by atoms with van der Waals surface area (Å²) in [6, 6.07) is 6.06. The van der Waals surface area contributed by atoms with Crippen LogP contribution in [0.3, 0.4) is 0 Å². The van der Waals surface area contributed by atoms with Gasteiger partial charge in [-0.1, -0.05) is 6.07 Å². The van der Waals surface area contributed by atoms with Crippen molar-refractivity contribution in [2.45, 2.75) is 45.2 Å². The van der Waals surface area contributed by atoms with Gasteiger partial charge in [-0.2, -0.15) is 0 Å². The van der Waals surface area contributed by atoms with Crippen LogP contribution < -0.4 is 5.32 Å². The number of halogens is 2. The number of nitrogens with zero attached hydrogens (tertiary/aromatic N) is 1. The van der Waals surface area contributed by atoms with Gasteiger partial charge in [0.25, 0.3) is 0 Å². The maximum Gasteiger partial charge on any atom is 0.147 e. The summed E-state index contributed by atoms with van der Waals surface area (Å²) in [5, 5.41) is 3.37. The van der Waals surface area contributed by atoms with Crippen LogP contribution in [0.15, 0.2) is 22.7 Å². The minimum absolute atomic E-state index is 0.181. The van der Waals surface area contributed by atoms with Gasteiger partial charge in [-0.15, -0.1) is 0 Å². The minimum atomic E-state index is -0.181. The Morgan fingerprint density at radius 1 is 1.32 bits per heavy atom. The summed E-state index contributed by atoms with van der Waals surface area (Å²) < 4.78 is 14.6. The summed E-state index contributed by atoms with van der Waals surface area (Å²) in [6.07, 6.45) is 3.34. The van der Waals surface area contributed by atoms with E-state index >= 15 is 0 Å². The quantitative estimate of drug-likeness (QED) is 0.891. The summed E-state index contributed by atoms with van der Waals surface area (Å²) >= 11 is 3.42. The van der Waals surface area contributed by atoms with Crippen molar-refractivity contribution in [1.29, 1.82) is 0 Å². The van der Waals surface area contributed by atoms with Gasteiger partial charge in [0.15, 0.2) is 0 Å². The molecular weight excluding hydrogens is 307 g/mol. The van der Waals surface area contributed by atoms with E-state index in [9.17, 15) is 4.39 Å². The first kappa shape index (κ1) is 14.8. The van der Waals surface area contributed by atoms with Crippen LogP contribution in [0, 0.1) is 5.82 Å². The van der Waals surface area contributed by atoms with Gasteiger partial charge in [0.05, 0.1) is 5.69 Å². The number of hydrogen-bond acceptors (Lipinski definition) is 2. The Hall–Kier alpha value is -0.610. The Morgan fingerprint density at radius 3 is 2.79 bits per heavy atom. The molecule has 0 aliphatic carbocycles. The highest BCUT2D eigenvalue weighted by Crippen LogP contribution is 2.27. The lowest BCUT2D eigenvalue weighted by Gasteiger charge is -2.24. The molecule has 1 heterocycles. The molecule has 106 valence electrons. The SMILES string of the molecule is CC(C)N1CCCC(Nc2c(F)cccc2Br)CC1. The molecule has 0 bridgehead atoms. The van der Waals surface area contributed by atoms with Crippen molar-refractivity contribution >= 4 is 21.6 Å². The van der Waals surface area contributed by atoms with E-state index in [0.717, 1.165) is 30.4 Å². The number of anilines is 1. The van der Waals surface area contributed by atoms with E-state index in [1.54, 1.807) is 6.07 Å². The second kappa shape index (κ2) is 6.71. The largest absolute Gasteiger partial charge is 0.379 e. The second-order valence-electron chi connectivity index (χ2n) is 5.50. The lowest BCUT2D eigenvalue weighted by Crippen LogP contribution is -2.32. The standard InChI is InChI=1S/C15H22BrFN2/c1-11(2)19-9-4-5-12(8-10-19)18-15-13(16)6-3-7-14(15)17/h3,6-7,11-12,18H,4-5,8-10H2,1-2H3. The van der Waals surface area contributed by atoms with Crippen molar-refractivity contribution in [3.63, 3.8) is 0 Å². The fourth-order valence-electron chi connectivity index (χ4n) is 2.62. The van der Waals surface area contributed by atoms with Crippen molar-refractivity contribution in [3.8, 4) is 0 Å². The molecule has 2 nitrogen and oxygen atoms in total. The highest BCUT2D eigenvalue weighted by Gasteiger charge is 2.20. The van der Waals surface area contributed by atoms with E-state index < -0.39 is 0 Å². The summed E-state index contributed by atoms with van der Waals surface area (Å²) in [5.74, 6) is -0.181. The number of hydrogen-bond donors (Lipinski definition) is 1. The van der Waals surface area contributed by atoms with Crippen LogP contribution in [0.1, 0.15) is 33.1 Å². The molecule has 0 amide bonds. The second-order valence-corrected chi connectivity index (χ2v) is 6.35. The van der Waals surface area contributed by atoms with Crippen molar-refractivity contribution in [3.05, 3.63) is 28.5 Å². The molecule has 4 heteroatoms. The highest BCUT2D eigenvalue weighted by atomic mass is 79.9. The van der Waals surface area contributed by atoms with Crippen LogP contribution in [0.5, 0.6) is 0 Å². The summed E-state index contributed by atoms with van der Waals surface area (Å²) in [5.41, 5.74) is 0.602. The van der Waals surface area contributed by atoms with Gasteiger partial charge < -0.3 is 10.2 Å². The summed E-state index contributed by atoms with van der Waals surface area (Å²) in [4.78, 5) is 2.50. The van der Waals surface area contributed by atoms with Gasteiger partial charge in [0, 0.05) is 23.1 Å². The average molecular weight is 329 g/mol. The number of benzene rings is 1. The molecule has 1 aromatic rings. The first-order valence-electron chi connectivity index (χ1n) is 7.02. The highest BCUT2D eigenvalue weighted by molar-refractivity contribution is 9.10. The van der Waals surface area contributed by atoms with Crippen LogP contribution >= 0.6 is 15.9 Å². The van der Waals surface area contributed by atoms with Gasteiger partial charge in [-0.3, -0.25) is 0 Å². The zero-order valence-electron chi connectivity index (χ0n) is 11.6. The van der Waals surface area contributed by atoms with E-state index in [0.29, 0.717) is 17.8 Å². The van der Waals surface area contributed by atoms with E-state index in [-0.39, 0.29) is 5.82 Å². The molecule has 1 fully saturated rings. The van der Waals surface area contributed by atoms with Crippen LogP contribution in [0.2, 0.25) is 0 Å². The average Bonchev–Trinajstić information content (AvgIpc) is 2.59. The van der Waals surface area contributed by atoms with Crippen molar-refractivity contribution in [2.75, 3.05) is 18.4 Å². The Kier molecular flexibility index (Phi) is 5.22. The van der Waals surface area contributed by atoms with E-state index in [4.69, 9.17) is 0 Å². The molecule has 0 saturated carbocycles. The van der Waals surface area contributed by atoms with Crippen LogP contribution in [-0.2, 0) is 0 Å². The van der Waals surface area contributed by atoms with Gasteiger partial charge >= 0.3 is 0 Å². The van der Waals surface area contributed by atoms with E-state index in [1.165, 1.54) is 12.5 Å². The topological polar surface area (TPSA) is 15.3 Å². The van der Waals surface area contributed by atoms with Crippen LogP contribution in [0.4, 0.5) is 10.1 Å². The third-order valence-corrected chi connectivity index (χ3v) is 4.47. The summed E-state index contributed by atoms with van der Waals surface area (Å²) in [7, 11) is 0. The monoisotopic (exact) mass is 328 g/mol. The van der Waals surface area contributed by atoms with Gasteiger partial charge in [0.1, 0.15) is 5.82 Å². The number of rotatable bonds is 3. The predicted octanol–water partition coefficient (Wildman–Crippen LogP) is 4.26. The summed E-state index contributed by atoms with van der Waals surface area (Å²) in [6.45, 7) is 6.71. The van der Waals surface area contributed by atoms with Crippen molar-refractivity contribution < 1.29 is 4.39 Å². The number of likely N-dealkylation sites (tertiary alicyclic amines) is 1. The van der Waals surface area contributed by atoms with Crippen molar-refractivity contribution in [1.82, 2.24) is 4.90 Å². The predicted molar refractivity (Wildman–Crippen MR) is 82.1 cm³/mol. The minimum Gasteiger partial charge on any atom is -0.379 e. The molecule has 0 aromatic heterocycles. The fourth-order valence-corrected chi connectivity index (χ4v) is 3.08. The van der Waals surface area contributed by atoms with Gasteiger partial charge in [-0.05, 0) is 67.7 Å². The molecule has 0 spiro atoms. The third-order valence-electron chi connectivity index (χ3n) is 3.80. The maximum atomic E-state index is 13.8. The lowest BCUT2D eigenvalue weighted by atomic mass is 10.1. The van der Waals surface area contributed by atoms with Crippen LogP contribution in [0.25, 0.3) is 0 Å². The Balaban J connectivity index is 2.00. The molecule has 1 unspecified atom stereocenters. The maximum absolute atomic E-state index is 13.8. The molecule has 1 N–H and O–H groups in total. The lowest BCUT2D eigenvalue weighted by molar-refractivity contribution is 0.230. The molecule has 2 rings (SSSR count). The molecule has 19 heavy (non-hydrogen) atoms. The zero-order chi connectivity index (χ0) is 13.8. The molecule has 1 aromatic carbocycles. The first-order chi connectivity index (χ1) is 9.08. The zero-order valence-corrected chi connectivity index (χ0v) is 13.2. The van der Waals surface area contributed by atoms with Crippen LogP contribution in [-0.4, -0.2) is 30.1 Å². The van der Waals surface area contributed by atoms with E-state index in [2.05, 4.69) is 40.0 Å². The molecule has 1 saturated heterocycles. The molecule has 1 aliphatic rings. The number of nitrogens with one attached hydrogen (secondary N) is 1. The first-order valence-corrected chi connectivity index (χ1v) is 7.82. The third kappa shape index (κ3) is 3.93. The van der Waals surface area contributed by atoms with Crippen molar-refractivity contribution in [2.24, 2.45) is 0 Å². The normalized spacial score (nSPS) is 21.4. The molecule has 1 atom stereocenters. The van der Waals surface area contributed by atoms with Gasteiger partial charge in [-0.25, -0.2) is 4.39 Å².